The van der Waals surface area contributed by atoms with E-state index < -0.39 is 6.10 Å². The fourth-order valence-corrected chi connectivity index (χ4v) is 2.83. The number of halogens is 1. The van der Waals surface area contributed by atoms with E-state index in [1.54, 1.807) is 0 Å². The van der Waals surface area contributed by atoms with Crippen LogP contribution in [0.4, 0.5) is 0 Å². The molecule has 3 rings (SSSR count). The van der Waals surface area contributed by atoms with Gasteiger partial charge in [0.2, 0.25) is 0 Å². The SMILES string of the molecule is NCC1CCOC(c2cccc(-c3ccc(Cl)cc3)c2)C(=O)N1. The predicted molar refractivity (Wildman–Crippen MR) is 91.2 cm³/mol. The number of carbonyl (C=O) groups is 1. The summed E-state index contributed by atoms with van der Waals surface area (Å²) in [7, 11) is 0. The van der Waals surface area contributed by atoms with Gasteiger partial charge in [0.05, 0.1) is 6.61 Å². The Morgan fingerprint density at radius 3 is 2.70 bits per heavy atom. The Hall–Kier alpha value is -1.88. The number of ether oxygens (including phenoxy) is 1. The second-order valence-electron chi connectivity index (χ2n) is 5.61. The molecule has 1 heterocycles. The molecule has 2 aromatic rings. The summed E-state index contributed by atoms with van der Waals surface area (Å²) in [6, 6.07) is 15.4. The molecule has 0 saturated carbocycles. The van der Waals surface area contributed by atoms with Gasteiger partial charge in [0.25, 0.3) is 5.91 Å². The molecule has 0 radical (unpaired) electrons. The lowest BCUT2D eigenvalue weighted by Crippen LogP contribution is -2.40. The van der Waals surface area contributed by atoms with E-state index in [9.17, 15) is 4.79 Å². The Labute approximate surface area is 140 Å². The van der Waals surface area contributed by atoms with Gasteiger partial charge < -0.3 is 15.8 Å². The second-order valence-corrected chi connectivity index (χ2v) is 6.05. The van der Waals surface area contributed by atoms with Crippen molar-refractivity contribution in [2.75, 3.05) is 13.2 Å². The minimum atomic E-state index is -0.598. The molecule has 2 unspecified atom stereocenters. The molecule has 1 fully saturated rings. The van der Waals surface area contributed by atoms with E-state index in [4.69, 9.17) is 22.1 Å². The molecule has 0 spiro atoms. The van der Waals surface area contributed by atoms with Crippen LogP contribution in [0.1, 0.15) is 18.1 Å². The van der Waals surface area contributed by atoms with E-state index in [2.05, 4.69) is 5.32 Å². The number of hydrogen-bond acceptors (Lipinski definition) is 3. The number of nitrogens with two attached hydrogens (primary N) is 1. The molecule has 120 valence electrons. The normalized spacial score (nSPS) is 21.6. The highest BCUT2D eigenvalue weighted by molar-refractivity contribution is 6.30. The van der Waals surface area contributed by atoms with Crippen molar-refractivity contribution in [1.82, 2.24) is 5.32 Å². The first-order valence-electron chi connectivity index (χ1n) is 7.65. The molecule has 0 bridgehead atoms. The van der Waals surface area contributed by atoms with Gasteiger partial charge in [0.1, 0.15) is 0 Å². The van der Waals surface area contributed by atoms with E-state index >= 15 is 0 Å². The summed E-state index contributed by atoms with van der Waals surface area (Å²) in [5.41, 5.74) is 8.56. The van der Waals surface area contributed by atoms with Crippen LogP contribution in [0.15, 0.2) is 48.5 Å². The summed E-state index contributed by atoms with van der Waals surface area (Å²) in [6.45, 7) is 0.934. The van der Waals surface area contributed by atoms with Crippen molar-refractivity contribution in [3.8, 4) is 11.1 Å². The summed E-state index contributed by atoms with van der Waals surface area (Å²) >= 11 is 5.93. The summed E-state index contributed by atoms with van der Waals surface area (Å²) in [6.07, 6.45) is 0.133. The van der Waals surface area contributed by atoms with Crippen LogP contribution in [0.2, 0.25) is 5.02 Å². The molecule has 23 heavy (non-hydrogen) atoms. The Balaban J connectivity index is 1.87. The maximum atomic E-state index is 12.4. The molecule has 2 aromatic carbocycles. The van der Waals surface area contributed by atoms with Crippen molar-refractivity contribution in [1.29, 1.82) is 0 Å². The lowest BCUT2D eigenvalue weighted by atomic mass is 10.0. The third kappa shape index (κ3) is 3.72. The van der Waals surface area contributed by atoms with Crippen LogP contribution < -0.4 is 11.1 Å². The summed E-state index contributed by atoms with van der Waals surface area (Å²) in [5.74, 6) is -0.133. The van der Waals surface area contributed by atoms with E-state index in [0.29, 0.717) is 18.2 Å². The summed E-state index contributed by atoms with van der Waals surface area (Å²) in [5, 5.41) is 3.64. The quantitative estimate of drug-likeness (QED) is 0.909. The predicted octanol–water partition coefficient (Wildman–Crippen LogP) is 2.91. The lowest BCUT2D eigenvalue weighted by Gasteiger charge is -2.16. The average Bonchev–Trinajstić information content (AvgIpc) is 2.77. The highest BCUT2D eigenvalue weighted by Crippen LogP contribution is 2.27. The number of hydrogen-bond donors (Lipinski definition) is 2. The van der Waals surface area contributed by atoms with Crippen molar-refractivity contribution >= 4 is 17.5 Å². The van der Waals surface area contributed by atoms with Gasteiger partial charge in [0, 0.05) is 17.6 Å². The van der Waals surface area contributed by atoms with Crippen LogP contribution in [-0.2, 0) is 9.53 Å². The molecular weight excluding hydrogens is 312 g/mol. The first kappa shape index (κ1) is 16.0. The molecule has 5 heteroatoms. The fourth-order valence-electron chi connectivity index (χ4n) is 2.70. The molecule has 1 saturated heterocycles. The van der Waals surface area contributed by atoms with Crippen LogP contribution in [0.3, 0.4) is 0 Å². The van der Waals surface area contributed by atoms with Gasteiger partial charge >= 0.3 is 0 Å². The average molecular weight is 331 g/mol. The van der Waals surface area contributed by atoms with Gasteiger partial charge in [-0.15, -0.1) is 0 Å². The molecule has 4 nitrogen and oxygen atoms in total. The number of amides is 1. The topological polar surface area (TPSA) is 64.3 Å². The van der Waals surface area contributed by atoms with Crippen LogP contribution in [-0.4, -0.2) is 25.1 Å². The first-order chi connectivity index (χ1) is 11.2. The van der Waals surface area contributed by atoms with Crippen molar-refractivity contribution in [3.05, 3.63) is 59.1 Å². The highest BCUT2D eigenvalue weighted by atomic mass is 35.5. The molecular formula is C18H19ClN2O2. The van der Waals surface area contributed by atoms with Crippen LogP contribution in [0.5, 0.6) is 0 Å². The smallest absolute Gasteiger partial charge is 0.254 e. The van der Waals surface area contributed by atoms with Gasteiger partial charge in [-0.3, -0.25) is 4.79 Å². The zero-order valence-corrected chi connectivity index (χ0v) is 13.4. The Kier molecular flexibility index (Phi) is 4.96. The van der Waals surface area contributed by atoms with Crippen molar-refractivity contribution in [3.63, 3.8) is 0 Å². The zero-order chi connectivity index (χ0) is 16.2. The molecule has 0 aromatic heterocycles. The molecule has 1 aliphatic heterocycles. The summed E-state index contributed by atoms with van der Waals surface area (Å²) in [4.78, 5) is 12.4. The standard InChI is InChI=1S/C18H19ClN2O2/c19-15-6-4-12(5-7-15)13-2-1-3-14(10-13)17-18(22)21-16(11-20)8-9-23-17/h1-7,10,16-17H,8-9,11,20H2,(H,21,22). The highest BCUT2D eigenvalue weighted by Gasteiger charge is 2.27. The van der Waals surface area contributed by atoms with Gasteiger partial charge in [-0.25, -0.2) is 0 Å². The Morgan fingerprint density at radius 1 is 1.17 bits per heavy atom. The third-order valence-electron chi connectivity index (χ3n) is 3.99. The van der Waals surface area contributed by atoms with E-state index in [1.807, 2.05) is 48.5 Å². The van der Waals surface area contributed by atoms with Crippen LogP contribution in [0.25, 0.3) is 11.1 Å². The fraction of sp³-hybridized carbons (Fsp3) is 0.278. The Morgan fingerprint density at radius 2 is 1.96 bits per heavy atom. The summed E-state index contributed by atoms with van der Waals surface area (Å²) < 4.78 is 5.75. The van der Waals surface area contributed by atoms with E-state index in [1.165, 1.54) is 0 Å². The van der Waals surface area contributed by atoms with Gasteiger partial charge in [-0.2, -0.15) is 0 Å². The lowest BCUT2D eigenvalue weighted by molar-refractivity contribution is -0.131. The molecule has 2 atom stereocenters. The van der Waals surface area contributed by atoms with Crippen LogP contribution >= 0.6 is 11.6 Å². The van der Waals surface area contributed by atoms with Crippen molar-refractivity contribution in [2.45, 2.75) is 18.6 Å². The number of nitrogens with one attached hydrogen (secondary N) is 1. The Bertz CT molecular complexity index is 688. The van der Waals surface area contributed by atoms with Gasteiger partial charge in [-0.05, 0) is 41.3 Å². The number of rotatable bonds is 3. The maximum Gasteiger partial charge on any atom is 0.254 e. The molecule has 0 aliphatic carbocycles. The number of benzene rings is 2. The largest absolute Gasteiger partial charge is 0.364 e. The third-order valence-corrected chi connectivity index (χ3v) is 4.24. The second kappa shape index (κ2) is 7.13. The molecule has 1 aliphatic rings. The minimum Gasteiger partial charge on any atom is -0.364 e. The van der Waals surface area contributed by atoms with Crippen molar-refractivity contribution in [2.24, 2.45) is 5.73 Å². The molecule has 3 N–H and O–H groups in total. The van der Waals surface area contributed by atoms with Gasteiger partial charge in [0.15, 0.2) is 6.10 Å². The molecule has 1 amide bonds. The van der Waals surface area contributed by atoms with Gasteiger partial charge in [-0.1, -0.05) is 41.9 Å². The minimum absolute atomic E-state index is 0.0213. The zero-order valence-electron chi connectivity index (χ0n) is 12.7. The van der Waals surface area contributed by atoms with Crippen LogP contribution in [0, 0.1) is 0 Å². The monoisotopic (exact) mass is 330 g/mol. The first-order valence-corrected chi connectivity index (χ1v) is 8.03. The van der Waals surface area contributed by atoms with E-state index in [-0.39, 0.29) is 11.9 Å². The van der Waals surface area contributed by atoms with Crippen molar-refractivity contribution < 1.29 is 9.53 Å². The maximum absolute atomic E-state index is 12.4. The number of carbonyl (C=O) groups excluding carboxylic acids is 1. The van der Waals surface area contributed by atoms with E-state index in [0.717, 1.165) is 23.1 Å².